The molecule has 0 aliphatic carbocycles. The lowest BCUT2D eigenvalue weighted by molar-refractivity contribution is 0.601. The fourth-order valence-corrected chi connectivity index (χ4v) is 3.82. The minimum absolute atomic E-state index is 0.148. The first-order valence-electron chi connectivity index (χ1n) is 8.25. The Morgan fingerprint density at radius 3 is 2.04 bits per heavy atom. The van der Waals surface area contributed by atoms with Gasteiger partial charge in [0.25, 0.3) is 10.0 Å². The van der Waals surface area contributed by atoms with Gasteiger partial charge in [0, 0.05) is 17.1 Å². The highest BCUT2D eigenvalue weighted by Crippen LogP contribution is 2.19. The smallest absolute Gasteiger partial charge is 0.261 e. The molecule has 0 saturated heterocycles. The Morgan fingerprint density at radius 1 is 0.778 bits per heavy atom. The summed E-state index contributed by atoms with van der Waals surface area (Å²) < 4.78 is 27.7. The molecule has 7 heteroatoms. The van der Waals surface area contributed by atoms with Gasteiger partial charge in [-0.2, -0.15) is 0 Å². The predicted octanol–water partition coefficient (Wildman–Crippen LogP) is 4.60. The van der Waals surface area contributed by atoms with Gasteiger partial charge in [-0.05, 0) is 67.2 Å². The van der Waals surface area contributed by atoms with Crippen molar-refractivity contribution in [2.75, 3.05) is 15.4 Å². The normalized spacial score (nSPS) is 10.9. The number of benzene rings is 3. The number of thiocarbonyl (C=S) groups is 1. The van der Waals surface area contributed by atoms with Crippen molar-refractivity contribution in [1.29, 1.82) is 0 Å². The van der Waals surface area contributed by atoms with Gasteiger partial charge in [0.1, 0.15) is 0 Å². The lowest BCUT2D eigenvalue weighted by atomic mass is 10.2. The summed E-state index contributed by atoms with van der Waals surface area (Å²) in [6.07, 6.45) is 0. The molecule has 0 bridgehead atoms. The van der Waals surface area contributed by atoms with Gasteiger partial charge in [-0.1, -0.05) is 36.4 Å². The first-order valence-corrected chi connectivity index (χ1v) is 10.1. The van der Waals surface area contributed by atoms with E-state index >= 15 is 0 Å². The van der Waals surface area contributed by atoms with E-state index in [-0.39, 0.29) is 4.90 Å². The third-order valence-corrected chi connectivity index (χ3v) is 5.29. The van der Waals surface area contributed by atoms with Crippen molar-refractivity contribution in [2.45, 2.75) is 11.8 Å². The lowest BCUT2D eigenvalue weighted by Crippen LogP contribution is -2.19. The minimum Gasteiger partial charge on any atom is -0.332 e. The Bertz CT molecular complexity index is 1050. The van der Waals surface area contributed by atoms with Gasteiger partial charge >= 0.3 is 0 Å². The van der Waals surface area contributed by atoms with Crippen LogP contribution in [0.4, 0.5) is 17.1 Å². The maximum Gasteiger partial charge on any atom is 0.261 e. The van der Waals surface area contributed by atoms with Gasteiger partial charge in [0.15, 0.2) is 5.11 Å². The van der Waals surface area contributed by atoms with Crippen molar-refractivity contribution >= 4 is 44.4 Å². The SMILES string of the molecule is Cc1cccc(NC(=S)Nc2cccc(S(=O)(=O)Nc3ccccc3)c2)c1. The molecule has 0 aromatic heterocycles. The molecule has 3 aromatic carbocycles. The van der Waals surface area contributed by atoms with Crippen LogP contribution in [0.15, 0.2) is 83.8 Å². The number of sulfonamides is 1. The summed E-state index contributed by atoms with van der Waals surface area (Å²) in [7, 11) is -3.69. The zero-order chi connectivity index (χ0) is 19.3. The number of hydrogen-bond acceptors (Lipinski definition) is 3. The Hall–Kier alpha value is -2.90. The maximum absolute atomic E-state index is 12.6. The van der Waals surface area contributed by atoms with Crippen LogP contribution in [0.1, 0.15) is 5.56 Å². The van der Waals surface area contributed by atoms with E-state index in [4.69, 9.17) is 12.2 Å². The van der Waals surface area contributed by atoms with Crippen molar-refractivity contribution in [3.8, 4) is 0 Å². The average Bonchev–Trinajstić information content (AvgIpc) is 2.62. The number of aryl methyl sites for hydroxylation is 1. The van der Waals surface area contributed by atoms with E-state index in [0.29, 0.717) is 16.5 Å². The molecule has 3 aromatic rings. The fourth-order valence-electron chi connectivity index (χ4n) is 2.48. The third-order valence-electron chi connectivity index (χ3n) is 3.70. The van der Waals surface area contributed by atoms with E-state index in [0.717, 1.165) is 11.3 Å². The highest BCUT2D eigenvalue weighted by Gasteiger charge is 2.14. The van der Waals surface area contributed by atoms with Crippen molar-refractivity contribution in [2.24, 2.45) is 0 Å². The second-order valence-electron chi connectivity index (χ2n) is 5.95. The molecular weight excluding hydrogens is 378 g/mol. The summed E-state index contributed by atoms with van der Waals surface area (Å²) >= 11 is 5.32. The van der Waals surface area contributed by atoms with Gasteiger partial charge in [-0.25, -0.2) is 8.42 Å². The number of rotatable bonds is 5. The van der Waals surface area contributed by atoms with Gasteiger partial charge in [-0.3, -0.25) is 4.72 Å². The molecule has 0 fully saturated rings. The molecule has 0 aliphatic rings. The van der Waals surface area contributed by atoms with Crippen LogP contribution in [-0.2, 0) is 10.0 Å². The quantitative estimate of drug-likeness (QED) is 0.549. The molecule has 0 radical (unpaired) electrons. The Kier molecular flexibility index (Phi) is 5.73. The second kappa shape index (κ2) is 8.20. The summed E-state index contributed by atoms with van der Waals surface area (Å²) in [4.78, 5) is 0.148. The number of para-hydroxylation sites is 1. The van der Waals surface area contributed by atoms with E-state index in [1.54, 1.807) is 36.4 Å². The summed E-state index contributed by atoms with van der Waals surface area (Å²) in [5, 5.41) is 6.48. The fraction of sp³-hybridized carbons (Fsp3) is 0.0500. The van der Waals surface area contributed by atoms with Crippen molar-refractivity contribution < 1.29 is 8.42 Å². The summed E-state index contributed by atoms with van der Waals surface area (Å²) in [5.74, 6) is 0. The highest BCUT2D eigenvalue weighted by molar-refractivity contribution is 7.92. The first-order chi connectivity index (χ1) is 12.9. The van der Waals surface area contributed by atoms with E-state index in [1.807, 2.05) is 37.3 Å². The molecule has 0 saturated carbocycles. The Balaban J connectivity index is 1.72. The predicted molar refractivity (Wildman–Crippen MR) is 115 cm³/mol. The van der Waals surface area contributed by atoms with Crippen LogP contribution < -0.4 is 15.4 Å². The number of nitrogens with one attached hydrogen (secondary N) is 3. The summed E-state index contributed by atoms with van der Waals surface area (Å²) in [6, 6.07) is 23.1. The Morgan fingerprint density at radius 2 is 1.37 bits per heavy atom. The van der Waals surface area contributed by atoms with Crippen LogP contribution in [0.2, 0.25) is 0 Å². The molecule has 3 N–H and O–H groups in total. The van der Waals surface area contributed by atoms with Crippen molar-refractivity contribution in [1.82, 2.24) is 0 Å². The topological polar surface area (TPSA) is 70.2 Å². The van der Waals surface area contributed by atoms with Crippen molar-refractivity contribution in [3.05, 3.63) is 84.4 Å². The molecular formula is C20H19N3O2S2. The van der Waals surface area contributed by atoms with Crippen LogP contribution in [0.5, 0.6) is 0 Å². The van der Waals surface area contributed by atoms with E-state index in [2.05, 4.69) is 15.4 Å². The lowest BCUT2D eigenvalue weighted by Gasteiger charge is -2.13. The molecule has 0 heterocycles. The summed E-state index contributed by atoms with van der Waals surface area (Å²) in [6.45, 7) is 2.00. The second-order valence-corrected chi connectivity index (χ2v) is 8.04. The van der Waals surface area contributed by atoms with Gasteiger partial charge < -0.3 is 10.6 Å². The number of anilines is 3. The van der Waals surface area contributed by atoms with Crippen molar-refractivity contribution in [3.63, 3.8) is 0 Å². The molecule has 3 rings (SSSR count). The monoisotopic (exact) mass is 397 g/mol. The summed E-state index contributed by atoms with van der Waals surface area (Å²) in [5.41, 5.74) is 3.06. The molecule has 0 unspecified atom stereocenters. The van der Waals surface area contributed by atoms with E-state index < -0.39 is 10.0 Å². The molecule has 138 valence electrons. The molecule has 0 amide bonds. The maximum atomic E-state index is 12.6. The minimum atomic E-state index is -3.69. The molecule has 0 aliphatic heterocycles. The van der Waals surface area contributed by atoms with Gasteiger partial charge in [0.05, 0.1) is 4.90 Å². The van der Waals surface area contributed by atoms with Gasteiger partial charge in [0.2, 0.25) is 0 Å². The number of hydrogen-bond donors (Lipinski definition) is 3. The van der Waals surface area contributed by atoms with Crippen LogP contribution in [0.3, 0.4) is 0 Å². The standard InChI is InChI=1S/C20H19N3O2S2/c1-15-7-5-10-17(13-15)21-20(26)22-18-11-6-12-19(14-18)27(24,25)23-16-8-3-2-4-9-16/h2-14,23H,1H3,(H2,21,22,26). The zero-order valence-corrected chi connectivity index (χ0v) is 16.3. The molecule has 27 heavy (non-hydrogen) atoms. The Labute approximate surface area is 164 Å². The van der Waals surface area contributed by atoms with E-state index in [9.17, 15) is 8.42 Å². The highest BCUT2D eigenvalue weighted by atomic mass is 32.2. The van der Waals surface area contributed by atoms with Crippen LogP contribution in [0.25, 0.3) is 0 Å². The molecule has 5 nitrogen and oxygen atoms in total. The van der Waals surface area contributed by atoms with Crippen LogP contribution in [-0.4, -0.2) is 13.5 Å². The van der Waals surface area contributed by atoms with Crippen LogP contribution in [0, 0.1) is 6.92 Å². The van der Waals surface area contributed by atoms with E-state index in [1.165, 1.54) is 12.1 Å². The van der Waals surface area contributed by atoms with Gasteiger partial charge in [-0.15, -0.1) is 0 Å². The van der Waals surface area contributed by atoms with Crippen LogP contribution >= 0.6 is 12.2 Å². The largest absolute Gasteiger partial charge is 0.332 e. The first kappa shape index (κ1) is 18.9. The molecule has 0 atom stereocenters. The average molecular weight is 398 g/mol. The zero-order valence-electron chi connectivity index (χ0n) is 14.6. The third kappa shape index (κ3) is 5.29. The molecule has 0 spiro atoms.